The topological polar surface area (TPSA) is 43.8 Å². The van der Waals surface area contributed by atoms with E-state index in [4.69, 9.17) is 0 Å². The second kappa shape index (κ2) is 4.72. The molecular weight excluding hydrogens is 204 g/mol. The molecule has 16 heavy (non-hydrogen) atoms. The third-order valence-electron chi connectivity index (χ3n) is 3.84. The van der Waals surface area contributed by atoms with Crippen LogP contribution in [-0.4, -0.2) is 59.6 Å². The van der Waals surface area contributed by atoms with Crippen molar-refractivity contribution in [3.8, 4) is 0 Å². The maximum Gasteiger partial charge on any atom is 0.236 e. The fourth-order valence-corrected chi connectivity index (χ4v) is 2.37. The van der Waals surface area contributed by atoms with Gasteiger partial charge in [-0.3, -0.25) is 9.69 Å². The van der Waals surface area contributed by atoms with Gasteiger partial charge in [-0.2, -0.15) is 0 Å². The van der Waals surface area contributed by atoms with Crippen molar-refractivity contribution in [3.05, 3.63) is 0 Å². The minimum atomic E-state index is -0.249. The SMILES string of the molecule is CC(O)C1CCN(CC(=O)N(C)C2CC2)C1. The van der Waals surface area contributed by atoms with Crippen molar-refractivity contribution in [2.24, 2.45) is 5.92 Å². The second-order valence-electron chi connectivity index (χ2n) is 5.26. The molecule has 2 atom stereocenters. The molecule has 1 saturated carbocycles. The van der Waals surface area contributed by atoms with E-state index in [0.717, 1.165) is 19.5 Å². The maximum absolute atomic E-state index is 11.9. The van der Waals surface area contributed by atoms with Crippen LogP contribution in [-0.2, 0) is 4.79 Å². The molecule has 1 aliphatic heterocycles. The van der Waals surface area contributed by atoms with Crippen molar-refractivity contribution < 1.29 is 9.90 Å². The van der Waals surface area contributed by atoms with E-state index in [9.17, 15) is 9.90 Å². The van der Waals surface area contributed by atoms with E-state index in [1.54, 1.807) is 0 Å². The van der Waals surface area contributed by atoms with Crippen LogP contribution in [0.15, 0.2) is 0 Å². The molecule has 0 spiro atoms. The van der Waals surface area contributed by atoms with Crippen LogP contribution in [0, 0.1) is 5.92 Å². The highest BCUT2D eigenvalue weighted by Gasteiger charge is 2.32. The Labute approximate surface area is 97.2 Å². The van der Waals surface area contributed by atoms with Gasteiger partial charge in [0.1, 0.15) is 0 Å². The lowest BCUT2D eigenvalue weighted by Gasteiger charge is -2.21. The summed E-state index contributed by atoms with van der Waals surface area (Å²) in [5.74, 6) is 0.577. The Balaban J connectivity index is 1.75. The van der Waals surface area contributed by atoms with Gasteiger partial charge in [-0.25, -0.2) is 0 Å². The molecule has 0 aromatic heterocycles. The summed E-state index contributed by atoms with van der Waals surface area (Å²) in [7, 11) is 1.90. The van der Waals surface area contributed by atoms with Gasteiger partial charge in [-0.05, 0) is 38.6 Å². The number of aliphatic hydroxyl groups excluding tert-OH is 1. The third-order valence-corrected chi connectivity index (χ3v) is 3.84. The lowest BCUT2D eigenvalue weighted by molar-refractivity contribution is -0.131. The number of carbonyl (C=O) groups excluding carboxylic acids is 1. The molecule has 2 rings (SSSR count). The standard InChI is InChI=1S/C12H22N2O2/c1-9(15)10-5-6-14(7-10)8-12(16)13(2)11-3-4-11/h9-11,15H,3-8H2,1-2H3. The summed E-state index contributed by atoms with van der Waals surface area (Å²) >= 11 is 0. The number of aliphatic hydroxyl groups is 1. The summed E-state index contributed by atoms with van der Waals surface area (Å²) in [4.78, 5) is 15.9. The highest BCUT2D eigenvalue weighted by Crippen LogP contribution is 2.26. The molecular formula is C12H22N2O2. The fourth-order valence-electron chi connectivity index (χ4n) is 2.37. The molecule has 0 radical (unpaired) electrons. The number of hydrogen-bond acceptors (Lipinski definition) is 3. The molecule has 1 N–H and O–H groups in total. The second-order valence-corrected chi connectivity index (χ2v) is 5.26. The summed E-state index contributed by atoms with van der Waals surface area (Å²) < 4.78 is 0. The molecule has 92 valence electrons. The van der Waals surface area contributed by atoms with E-state index in [-0.39, 0.29) is 12.0 Å². The van der Waals surface area contributed by atoms with Gasteiger partial charge in [0.25, 0.3) is 0 Å². The van der Waals surface area contributed by atoms with Gasteiger partial charge >= 0.3 is 0 Å². The van der Waals surface area contributed by atoms with Crippen LogP contribution in [0.1, 0.15) is 26.2 Å². The molecule has 1 saturated heterocycles. The predicted octanol–water partition coefficient (Wildman–Crippen LogP) is 0.310. The monoisotopic (exact) mass is 226 g/mol. The molecule has 1 amide bonds. The molecule has 0 bridgehead atoms. The highest BCUT2D eigenvalue weighted by atomic mass is 16.3. The summed E-state index contributed by atoms with van der Waals surface area (Å²) in [5, 5.41) is 9.49. The molecule has 2 fully saturated rings. The van der Waals surface area contributed by atoms with Crippen LogP contribution in [0.25, 0.3) is 0 Å². The molecule has 1 aliphatic carbocycles. The third kappa shape index (κ3) is 2.74. The molecule has 0 aromatic rings. The summed E-state index contributed by atoms with van der Waals surface area (Å²) in [5.41, 5.74) is 0. The minimum absolute atomic E-state index is 0.230. The average molecular weight is 226 g/mol. The van der Waals surface area contributed by atoms with Crippen LogP contribution in [0.3, 0.4) is 0 Å². The molecule has 2 aliphatic rings. The number of likely N-dealkylation sites (tertiary alicyclic amines) is 1. The summed E-state index contributed by atoms with van der Waals surface area (Å²) in [6.07, 6.45) is 3.09. The molecule has 4 nitrogen and oxygen atoms in total. The van der Waals surface area contributed by atoms with Gasteiger partial charge in [0.2, 0.25) is 5.91 Å². The Morgan fingerprint density at radius 3 is 2.69 bits per heavy atom. The van der Waals surface area contributed by atoms with Crippen LogP contribution in [0.5, 0.6) is 0 Å². The lowest BCUT2D eigenvalue weighted by atomic mass is 10.0. The van der Waals surface area contributed by atoms with Crippen LogP contribution in [0.2, 0.25) is 0 Å². The highest BCUT2D eigenvalue weighted by molar-refractivity contribution is 5.78. The van der Waals surface area contributed by atoms with Crippen molar-refractivity contribution in [3.63, 3.8) is 0 Å². The first kappa shape index (κ1) is 11.9. The predicted molar refractivity (Wildman–Crippen MR) is 62.0 cm³/mol. The number of nitrogens with zero attached hydrogens (tertiary/aromatic N) is 2. The number of amides is 1. The van der Waals surface area contributed by atoms with Crippen molar-refractivity contribution in [1.29, 1.82) is 0 Å². The van der Waals surface area contributed by atoms with Crippen molar-refractivity contribution in [2.45, 2.75) is 38.3 Å². The smallest absolute Gasteiger partial charge is 0.236 e. The van der Waals surface area contributed by atoms with Crippen LogP contribution in [0.4, 0.5) is 0 Å². The normalized spacial score (nSPS) is 28.1. The zero-order valence-electron chi connectivity index (χ0n) is 10.2. The van der Waals surface area contributed by atoms with E-state index in [2.05, 4.69) is 4.90 Å². The Bertz CT molecular complexity index is 264. The molecule has 4 heteroatoms. The molecule has 2 unspecified atom stereocenters. The van der Waals surface area contributed by atoms with Gasteiger partial charge in [0.15, 0.2) is 0 Å². The Morgan fingerprint density at radius 2 is 2.19 bits per heavy atom. The van der Waals surface area contributed by atoms with E-state index in [1.165, 1.54) is 12.8 Å². The van der Waals surface area contributed by atoms with E-state index >= 15 is 0 Å². The van der Waals surface area contributed by atoms with E-state index in [1.807, 2.05) is 18.9 Å². The molecule has 0 aromatic carbocycles. The van der Waals surface area contributed by atoms with Gasteiger partial charge < -0.3 is 10.0 Å². The van der Waals surface area contributed by atoms with Crippen molar-refractivity contribution in [1.82, 2.24) is 9.80 Å². The zero-order chi connectivity index (χ0) is 11.7. The summed E-state index contributed by atoms with van der Waals surface area (Å²) in [6.45, 7) is 4.17. The minimum Gasteiger partial charge on any atom is -0.393 e. The van der Waals surface area contributed by atoms with E-state index < -0.39 is 0 Å². The fraction of sp³-hybridized carbons (Fsp3) is 0.917. The summed E-state index contributed by atoms with van der Waals surface area (Å²) in [6, 6.07) is 0.502. The maximum atomic E-state index is 11.9. The van der Waals surface area contributed by atoms with Crippen molar-refractivity contribution >= 4 is 5.91 Å². The van der Waals surface area contributed by atoms with Gasteiger partial charge in [0.05, 0.1) is 12.6 Å². The first-order valence-corrected chi connectivity index (χ1v) is 6.24. The number of hydrogen-bond donors (Lipinski definition) is 1. The van der Waals surface area contributed by atoms with Gasteiger partial charge in [-0.15, -0.1) is 0 Å². The van der Waals surface area contributed by atoms with Crippen molar-refractivity contribution in [2.75, 3.05) is 26.7 Å². The largest absolute Gasteiger partial charge is 0.393 e. The van der Waals surface area contributed by atoms with Crippen LogP contribution < -0.4 is 0 Å². The Kier molecular flexibility index (Phi) is 3.50. The van der Waals surface area contributed by atoms with Gasteiger partial charge in [-0.1, -0.05) is 0 Å². The zero-order valence-corrected chi connectivity index (χ0v) is 10.2. The number of rotatable bonds is 4. The Hall–Kier alpha value is -0.610. The number of likely N-dealkylation sites (N-methyl/N-ethyl adjacent to an activating group) is 1. The van der Waals surface area contributed by atoms with Gasteiger partial charge in [0, 0.05) is 19.6 Å². The van der Waals surface area contributed by atoms with Crippen LogP contribution >= 0.6 is 0 Å². The average Bonchev–Trinajstić information content (AvgIpc) is 2.97. The lowest BCUT2D eigenvalue weighted by Crippen LogP contribution is -2.38. The van der Waals surface area contributed by atoms with E-state index in [0.29, 0.717) is 18.5 Å². The Morgan fingerprint density at radius 1 is 1.50 bits per heavy atom. The first-order chi connectivity index (χ1) is 7.58. The number of carbonyl (C=O) groups is 1. The molecule has 1 heterocycles. The quantitative estimate of drug-likeness (QED) is 0.750. The first-order valence-electron chi connectivity index (χ1n) is 6.24.